The first-order chi connectivity index (χ1) is 20.3. The van der Waals surface area contributed by atoms with Gasteiger partial charge < -0.3 is 24.1 Å². The molecule has 9 heteroatoms. The third-order valence-corrected chi connectivity index (χ3v) is 22.3. The topological polar surface area (TPSA) is 89.4 Å². The lowest BCUT2D eigenvalue weighted by Gasteiger charge is -2.57. The molecule has 3 fully saturated rings. The summed E-state index contributed by atoms with van der Waals surface area (Å²) in [7, 11) is -3.89. The highest BCUT2D eigenvalue weighted by Gasteiger charge is 2.58. The van der Waals surface area contributed by atoms with E-state index in [0.717, 1.165) is 57.3 Å². The molecule has 0 aliphatic heterocycles. The third-order valence-electron chi connectivity index (χ3n) is 13.2. The smallest absolute Gasteiger partial charge is 0.407 e. The minimum absolute atomic E-state index is 0.0381. The van der Waals surface area contributed by atoms with Crippen LogP contribution in [0.2, 0.25) is 36.3 Å². The molecule has 7 atom stereocenters. The van der Waals surface area contributed by atoms with Gasteiger partial charge in [-0.05, 0) is 131 Å². The number of ether oxygens (including phenoxy) is 1. The summed E-state index contributed by atoms with van der Waals surface area (Å²) in [4.78, 5) is 13.0. The number of hydrogen-bond acceptors (Lipinski definition) is 6. The van der Waals surface area contributed by atoms with E-state index >= 15 is 0 Å². The molecule has 0 unspecified atom stereocenters. The van der Waals surface area contributed by atoms with Crippen LogP contribution in [0.3, 0.4) is 0 Å². The van der Waals surface area contributed by atoms with Crippen molar-refractivity contribution >= 4 is 28.4 Å². The Morgan fingerprint density at radius 3 is 2.04 bits per heavy atom. The van der Waals surface area contributed by atoms with E-state index in [0.29, 0.717) is 24.3 Å². The molecular weight excluding hydrogens is 597 g/mol. The van der Waals surface area contributed by atoms with Crippen LogP contribution in [0.5, 0.6) is 0 Å². The second-order valence-electron chi connectivity index (χ2n) is 19.3. The number of carbonyl (C=O) groups excluding carboxylic acids is 1. The molecule has 0 aromatic carbocycles. The molecular formula is C36H70N2O5Si2. The van der Waals surface area contributed by atoms with E-state index in [1.165, 1.54) is 0 Å². The minimum Gasteiger partial charge on any atom is -0.444 e. The molecule has 0 radical (unpaired) electrons. The molecule has 3 saturated carbocycles. The van der Waals surface area contributed by atoms with Crippen molar-refractivity contribution in [2.24, 2.45) is 39.7 Å². The second kappa shape index (κ2) is 13.2. The maximum Gasteiger partial charge on any atom is 0.407 e. The first kappa shape index (κ1) is 38.5. The zero-order chi connectivity index (χ0) is 34.4. The van der Waals surface area contributed by atoms with Gasteiger partial charge in [-0.15, -0.1) is 0 Å². The molecule has 0 saturated heterocycles. The van der Waals surface area contributed by atoms with Gasteiger partial charge in [-0.2, -0.15) is 0 Å². The predicted molar refractivity (Wildman–Crippen MR) is 191 cm³/mol. The molecule has 3 aliphatic rings. The molecule has 0 bridgehead atoms. The number of amides is 1. The molecule has 0 aromatic heterocycles. The van der Waals surface area contributed by atoms with Gasteiger partial charge in [-0.25, -0.2) is 4.79 Å². The fraction of sp³-hybridized carbons (Fsp3) is 0.944. The Bertz CT molecular complexity index is 1070. The van der Waals surface area contributed by atoms with Gasteiger partial charge >= 0.3 is 6.09 Å². The minimum atomic E-state index is -1.97. The van der Waals surface area contributed by atoms with Crippen LogP contribution >= 0.6 is 0 Å². The van der Waals surface area contributed by atoms with Gasteiger partial charge in [-0.3, -0.25) is 0 Å². The van der Waals surface area contributed by atoms with Crippen molar-refractivity contribution in [1.29, 1.82) is 0 Å². The normalized spacial score (nSPS) is 34.5. The Morgan fingerprint density at radius 1 is 0.911 bits per heavy atom. The van der Waals surface area contributed by atoms with Crippen LogP contribution in [0.15, 0.2) is 5.16 Å². The maximum atomic E-state index is 13.0. The van der Waals surface area contributed by atoms with E-state index in [1.807, 2.05) is 20.8 Å². The standard InChI is InChI=1S/C36H70N2O5Si2/c1-32(2,3)42-31(39)37-23-27-28-16-17-30(38-40)36(28,11)21-19-29(27)35(10)20-18-26(43-45(14,15)34(7,8)9)22-25(35)24-41-44(12,13)33(4,5)6/h25-29,40H,16-24H2,1-15H3,(H,37,39)/b38-30-/t25-,26+,27+,28+,29+,35+,36+/m1/s1. The zero-order valence-electron chi connectivity index (χ0n) is 31.8. The van der Waals surface area contributed by atoms with Gasteiger partial charge in [-0.1, -0.05) is 60.5 Å². The molecule has 1 amide bonds. The maximum absolute atomic E-state index is 13.0. The fourth-order valence-electron chi connectivity index (χ4n) is 8.21. The van der Waals surface area contributed by atoms with Crippen molar-refractivity contribution < 1.29 is 23.6 Å². The van der Waals surface area contributed by atoms with E-state index in [9.17, 15) is 10.0 Å². The lowest BCUT2D eigenvalue weighted by molar-refractivity contribution is -0.0872. The summed E-state index contributed by atoms with van der Waals surface area (Å²) in [6.07, 6.45) is 6.95. The average Bonchev–Trinajstić information content (AvgIpc) is 3.21. The molecule has 2 N–H and O–H groups in total. The van der Waals surface area contributed by atoms with Gasteiger partial charge in [0.15, 0.2) is 16.6 Å². The lowest BCUT2D eigenvalue weighted by Crippen LogP contribution is -2.56. The van der Waals surface area contributed by atoms with E-state index in [-0.39, 0.29) is 39.0 Å². The number of fused-ring (bicyclic) bond motifs is 1. The van der Waals surface area contributed by atoms with Crippen LogP contribution < -0.4 is 5.32 Å². The largest absolute Gasteiger partial charge is 0.444 e. The Hall–Kier alpha value is -0.906. The number of rotatable bonds is 8. The average molecular weight is 667 g/mol. The third kappa shape index (κ3) is 8.40. The highest BCUT2D eigenvalue weighted by atomic mass is 28.4. The molecule has 7 nitrogen and oxygen atoms in total. The molecule has 3 aliphatic carbocycles. The Kier molecular flexibility index (Phi) is 11.3. The van der Waals surface area contributed by atoms with Crippen molar-refractivity contribution in [3.8, 4) is 0 Å². The van der Waals surface area contributed by atoms with Gasteiger partial charge in [0.2, 0.25) is 0 Å². The summed E-state index contributed by atoms with van der Waals surface area (Å²) in [6, 6.07) is 0. The number of carbonyl (C=O) groups is 1. The fourth-order valence-corrected chi connectivity index (χ4v) is 10.7. The summed E-state index contributed by atoms with van der Waals surface area (Å²) in [5.74, 6) is 1.37. The van der Waals surface area contributed by atoms with Crippen LogP contribution in [0.1, 0.15) is 121 Å². The monoisotopic (exact) mass is 666 g/mol. The predicted octanol–water partition coefficient (Wildman–Crippen LogP) is 10.0. The summed E-state index contributed by atoms with van der Waals surface area (Å²) in [5, 5.41) is 17.3. The number of oxime groups is 1. The molecule has 3 rings (SSSR count). The summed E-state index contributed by atoms with van der Waals surface area (Å²) in [5.41, 5.74) is 0.284. The van der Waals surface area contributed by atoms with E-state index in [2.05, 4.69) is 92.1 Å². The number of nitrogens with zero attached hydrogens (tertiary/aromatic N) is 1. The van der Waals surface area contributed by atoms with E-state index < -0.39 is 22.2 Å². The summed E-state index contributed by atoms with van der Waals surface area (Å²) >= 11 is 0. The van der Waals surface area contributed by atoms with E-state index in [4.69, 9.17) is 13.6 Å². The molecule has 0 heterocycles. The summed E-state index contributed by atoms with van der Waals surface area (Å²) in [6.45, 7) is 35.3. The van der Waals surface area contributed by atoms with Gasteiger partial charge in [0.1, 0.15) is 5.60 Å². The number of hydrogen-bond donors (Lipinski definition) is 2. The van der Waals surface area contributed by atoms with Crippen LogP contribution in [-0.4, -0.2) is 58.5 Å². The van der Waals surface area contributed by atoms with Crippen molar-refractivity contribution in [2.45, 2.75) is 169 Å². The molecule has 0 aromatic rings. The van der Waals surface area contributed by atoms with Crippen LogP contribution in [0.25, 0.3) is 0 Å². The van der Waals surface area contributed by atoms with Crippen molar-refractivity contribution in [3.63, 3.8) is 0 Å². The SMILES string of the molecule is CC(C)(C)OC(=O)NC[C@@H]1[C@@H]([C@@]2(C)CC[C@H](O[Si](C)(C)C(C)(C)C)C[C@@H]2CO[Si](C)(C)C(C)(C)C)CC[C@]2(C)/C(=N\O)CC[C@@H]12. The second-order valence-corrected chi connectivity index (χ2v) is 28.9. The first-order valence-electron chi connectivity index (χ1n) is 17.8. The van der Waals surface area contributed by atoms with Gasteiger partial charge in [0.25, 0.3) is 0 Å². The van der Waals surface area contributed by atoms with Gasteiger partial charge in [0, 0.05) is 24.7 Å². The molecule has 0 spiro atoms. The quantitative estimate of drug-likeness (QED) is 0.153. The van der Waals surface area contributed by atoms with Crippen LogP contribution in [0, 0.1) is 34.5 Å². The summed E-state index contributed by atoms with van der Waals surface area (Å²) < 4.78 is 19.8. The van der Waals surface area contributed by atoms with Crippen LogP contribution in [0.4, 0.5) is 4.79 Å². The van der Waals surface area contributed by atoms with E-state index in [1.54, 1.807) is 0 Å². The lowest BCUT2D eigenvalue weighted by atomic mass is 9.49. The Balaban J connectivity index is 1.98. The van der Waals surface area contributed by atoms with Crippen molar-refractivity contribution in [3.05, 3.63) is 0 Å². The zero-order valence-corrected chi connectivity index (χ0v) is 33.8. The van der Waals surface area contributed by atoms with Crippen LogP contribution in [-0.2, 0) is 13.6 Å². The number of alkyl carbamates (subject to hydrolysis) is 1. The van der Waals surface area contributed by atoms with Gasteiger partial charge in [0.05, 0.1) is 5.71 Å². The highest BCUT2D eigenvalue weighted by Crippen LogP contribution is 2.62. The molecule has 45 heavy (non-hydrogen) atoms. The Labute approximate surface area is 278 Å². The first-order valence-corrected chi connectivity index (χ1v) is 23.6. The molecule has 262 valence electrons. The number of nitrogens with one attached hydrogen (secondary N) is 1. The van der Waals surface area contributed by atoms with Crippen molar-refractivity contribution in [2.75, 3.05) is 13.2 Å². The van der Waals surface area contributed by atoms with Crippen molar-refractivity contribution in [1.82, 2.24) is 5.32 Å². The Morgan fingerprint density at radius 2 is 1.51 bits per heavy atom. The highest BCUT2D eigenvalue weighted by molar-refractivity contribution is 6.74.